The van der Waals surface area contributed by atoms with Crippen LogP contribution >= 0.6 is 0 Å². The molecule has 2 rings (SSSR count). The van der Waals surface area contributed by atoms with Crippen LogP contribution in [-0.4, -0.2) is 28.6 Å². The lowest BCUT2D eigenvalue weighted by Crippen LogP contribution is -2.43. The van der Waals surface area contributed by atoms with E-state index < -0.39 is 5.54 Å². The van der Waals surface area contributed by atoms with Gasteiger partial charge in [0, 0.05) is 12.7 Å². The fourth-order valence-corrected chi connectivity index (χ4v) is 2.60. The zero-order valence-electron chi connectivity index (χ0n) is 8.95. The highest BCUT2D eigenvalue weighted by Crippen LogP contribution is 2.40. The molecule has 1 saturated heterocycles. The second-order valence-electron chi connectivity index (χ2n) is 4.25. The van der Waals surface area contributed by atoms with Crippen LogP contribution in [0.2, 0.25) is 0 Å². The lowest BCUT2D eigenvalue weighted by molar-refractivity contribution is -0.125. The highest BCUT2D eigenvalue weighted by molar-refractivity contribution is 6.24. The van der Waals surface area contributed by atoms with Crippen molar-refractivity contribution in [2.24, 2.45) is 0 Å². The van der Waals surface area contributed by atoms with Crippen LogP contribution in [0, 0.1) is 0 Å². The summed E-state index contributed by atoms with van der Waals surface area (Å²) in [4.78, 5) is 25.5. The number of rotatable bonds is 3. The molecule has 2 aliphatic heterocycles. The molecule has 1 atom stereocenters. The van der Waals surface area contributed by atoms with E-state index in [4.69, 9.17) is 0 Å². The molecule has 15 heavy (non-hydrogen) atoms. The van der Waals surface area contributed by atoms with Gasteiger partial charge in [0.25, 0.3) is 0 Å². The molecule has 0 aromatic carbocycles. The highest BCUT2D eigenvalue weighted by Gasteiger charge is 2.51. The summed E-state index contributed by atoms with van der Waals surface area (Å²) in [6, 6.07) is 0. The predicted octanol–water partition coefficient (Wildman–Crippen LogP) is 1.45. The molecule has 2 aliphatic rings. The minimum absolute atomic E-state index is 0.00704. The standard InChI is InChI=1S/C12H15NO2/c1-3-5-12-6-4-7-13(12)8-10(9(2)14)11(12)15/h3,8H,1,4-7H2,2H3/t12-/m0/s1. The van der Waals surface area contributed by atoms with Crippen LogP contribution in [0.5, 0.6) is 0 Å². The van der Waals surface area contributed by atoms with E-state index in [1.165, 1.54) is 6.92 Å². The fraction of sp³-hybridized carbons (Fsp3) is 0.500. The van der Waals surface area contributed by atoms with Crippen LogP contribution in [0.3, 0.4) is 0 Å². The van der Waals surface area contributed by atoms with E-state index in [1.54, 1.807) is 12.3 Å². The van der Waals surface area contributed by atoms with Gasteiger partial charge in [-0.1, -0.05) is 6.08 Å². The first-order valence-corrected chi connectivity index (χ1v) is 5.27. The van der Waals surface area contributed by atoms with Gasteiger partial charge in [0.15, 0.2) is 11.6 Å². The summed E-state index contributed by atoms with van der Waals surface area (Å²) < 4.78 is 0. The van der Waals surface area contributed by atoms with E-state index in [9.17, 15) is 9.59 Å². The quantitative estimate of drug-likeness (QED) is 0.517. The molecule has 0 aromatic rings. The van der Waals surface area contributed by atoms with Crippen LogP contribution in [0.1, 0.15) is 26.2 Å². The molecule has 3 heteroatoms. The second-order valence-corrected chi connectivity index (χ2v) is 4.25. The summed E-state index contributed by atoms with van der Waals surface area (Å²) in [5.74, 6) is -0.134. The van der Waals surface area contributed by atoms with Crippen molar-refractivity contribution in [3.8, 4) is 0 Å². The number of carbonyl (C=O) groups is 2. The average Bonchev–Trinajstić information content (AvgIpc) is 2.66. The number of carbonyl (C=O) groups excluding carboxylic acids is 2. The first-order valence-electron chi connectivity index (χ1n) is 5.27. The predicted molar refractivity (Wildman–Crippen MR) is 57.3 cm³/mol. The molecule has 0 N–H and O–H groups in total. The van der Waals surface area contributed by atoms with Gasteiger partial charge in [-0.15, -0.1) is 6.58 Å². The average molecular weight is 205 g/mol. The molecule has 80 valence electrons. The van der Waals surface area contributed by atoms with Crippen molar-refractivity contribution >= 4 is 11.6 Å². The van der Waals surface area contributed by atoms with Crippen molar-refractivity contribution in [2.45, 2.75) is 31.7 Å². The normalized spacial score (nSPS) is 29.0. The molecule has 3 nitrogen and oxygen atoms in total. The van der Waals surface area contributed by atoms with Crippen molar-refractivity contribution < 1.29 is 9.59 Å². The van der Waals surface area contributed by atoms with E-state index >= 15 is 0 Å². The van der Waals surface area contributed by atoms with Gasteiger partial charge in [-0.3, -0.25) is 9.59 Å². The third-order valence-electron chi connectivity index (χ3n) is 3.35. The summed E-state index contributed by atoms with van der Waals surface area (Å²) in [5, 5.41) is 0. The fourth-order valence-electron chi connectivity index (χ4n) is 2.60. The minimum atomic E-state index is -0.469. The zero-order valence-corrected chi connectivity index (χ0v) is 8.95. The maximum atomic E-state index is 12.2. The molecule has 0 aliphatic carbocycles. The molecule has 0 bridgehead atoms. The van der Waals surface area contributed by atoms with E-state index in [2.05, 4.69) is 6.58 Å². The number of ketones is 2. The Morgan fingerprint density at radius 3 is 3.07 bits per heavy atom. The second kappa shape index (κ2) is 3.33. The first kappa shape index (κ1) is 10.1. The topological polar surface area (TPSA) is 37.4 Å². The van der Waals surface area contributed by atoms with E-state index in [0.29, 0.717) is 12.0 Å². The maximum absolute atomic E-state index is 12.2. The van der Waals surface area contributed by atoms with Gasteiger partial charge in [-0.05, 0) is 26.2 Å². The van der Waals surface area contributed by atoms with Gasteiger partial charge in [0.1, 0.15) is 5.54 Å². The zero-order chi connectivity index (χ0) is 11.1. The molecular formula is C12H15NO2. The number of hydrogen-bond donors (Lipinski definition) is 0. The summed E-state index contributed by atoms with van der Waals surface area (Å²) in [5.41, 5.74) is -0.112. The Kier molecular flexibility index (Phi) is 2.25. The SMILES string of the molecule is C=CC[C@@]12CCCN1C=C(C(C)=O)C2=O. The molecule has 2 heterocycles. The van der Waals surface area contributed by atoms with Crippen LogP contribution < -0.4 is 0 Å². The highest BCUT2D eigenvalue weighted by atomic mass is 16.2. The third-order valence-corrected chi connectivity index (χ3v) is 3.35. The summed E-state index contributed by atoms with van der Waals surface area (Å²) in [6.07, 6.45) is 6.00. The Bertz CT molecular complexity index is 370. The molecule has 0 radical (unpaired) electrons. The molecule has 0 amide bonds. The Balaban J connectivity index is 2.38. The summed E-state index contributed by atoms with van der Waals surface area (Å²) in [6.45, 7) is 6.02. The van der Waals surface area contributed by atoms with E-state index in [-0.39, 0.29) is 11.6 Å². The number of hydrogen-bond acceptors (Lipinski definition) is 3. The van der Waals surface area contributed by atoms with Gasteiger partial charge in [0.2, 0.25) is 0 Å². The van der Waals surface area contributed by atoms with Crippen LogP contribution in [0.25, 0.3) is 0 Å². The van der Waals surface area contributed by atoms with Crippen molar-refractivity contribution in [2.75, 3.05) is 6.54 Å². The Morgan fingerprint density at radius 2 is 2.47 bits per heavy atom. The van der Waals surface area contributed by atoms with Crippen LogP contribution in [-0.2, 0) is 9.59 Å². The summed E-state index contributed by atoms with van der Waals surface area (Å²) in [7, 11) is 0. The molecular weight excluding hydrogens is 190 g/mol. The number of nitrogens with zero attached hydrogens (tertiary/aromatic N) is 1. The summed E-state index contributed by atoms with van der Waals surface area (Å²) >= 11 is 0. The van der Waals surface area contributed by atoms with E-state index in [0.717, 1.165) is 19.4 Å². The molecule has 0 spiro atoms. The Labute approximate surface area is 89.4 Å². The van der Waals surface area contributed by atoms with Gasteiger partial charge < -0.3 is 4.90 Å². The van der Waals surface area contributed by atoms with E-state index in [1.807, 2.05) is 4.90 Å². The first-order chi connectivity index (χ1) is 7.12. The van der Waals surface area contributed by atoms with Gasteiger partial charge >= 0.3 is 0 Å². The number of fused-ring (bicyclic) bond motifs is 1. The maximum Gasteiger partial charge on any atom is 0.193 e. The minimum Gasteiger partial charge on any atom is -0.363 e. The Hall–Kier alpha value is -1.38. The largest absolute Gasteiger partial charge is 0.363 e. The van der Waals surface area contributed by atoms with Gasteiger partial charge in [-0.25, -0.2) is 0 Å². The Morgan fingerprint density at radius 1 is 1.73 bits per heavy atom. The molecule has 0 unspecified atom stereocenters. The lowest BCUT2D eigenvalue weighted by Gasteiger charge is -2.30. The van der Waals surface area contributed by atoms with Crippen molar-refractivity contribution in [3.05, 3.63) is 24.4 Å². The van der Waals surface area contributed by atoms with Crippen molar-refractivity contribution in [1.82, 2.24) is 4.90 Å². The molecule has 0 saturated carbocycles. The van der Waals surface area contributed by atoms with Crippen molar-refractivity contribution in [3.63, 3.8) is 0 Å². The third kappa shape index (κ3) is 1.26. The molecule has 0 aromatic heterocycles. The smallest absolute Gasteiger partial charge is 0.193 e. The van der Waals surface area contributed by atoms with Gasteiger partial charge in [0.05, 0.1) is 5.57 Å². The van der Waals surface area contributed by atoms with Crippen LogP contribution in [0.15, 0.2) is 24.4 Å². The van der Waals surface area contributed by atoms with Crippen molar-refractivity contribution in [1.29, 1.82) is 0 Å². The lowest BCUT2D eigenvalue weighted by atomic mass is 9.86. The molecule has 1 fully saturated rings. The monoisotopic (exact) mass is 205 g/mol. The van der Waals surface area contributed by atoms with Gasteiger partial charge in [-0.2, -0.15) is 0 Å². The van der Waals surface area contributed by atoms with Crippen LogP contribution in [0.4, 0.5) is 0 Å². The number of Topliss-reactive ketones (excluding diaryl/α,β-unsaturated/α-hetero) is 2.